The fourth-order valence-corrected chi connectivity index (χ4v) is 3.80. The Kier molecular flexibility index (Phi) is 6.09. The van der Waals surface area contributed by atoms with E-state index in [2.05, 4.69) is 86.6 Å². The Morgan fingerprint density at radius 3 is 1.47 bits per heavy atom. The molecule has 2 nitrogen and oxygen atoms in total. The minimum Gasteiger partial charge on any atom is -0.385 e. The quantitative estimate of drug-likeness (QED) is 0.533. The first kappa shape index (κ1) is 24.9. The average Bonchev–Trinajstić information content (AvgIpc) is 2.53. The maximum absolute atomic E-state index is 11.7. The molecule has 1 aromatic carbocycles. The Balaban J connectivity index is 2.84. The Morgan fingerprint density at radius 1 is 0.700 bits per heavy atom. The van der Waals surface area contributed by atoms with Gasteiger partial charge in [-0.25, -0.2) is 0 Å². The number of aliphatic hydroxyl groups excluding tert-OH is 1. The number of allylic oxidation sites excluding steroid dienone is 2. The minimum atomic E-state index is -1.35. The fourth-order valence-electron chi connectivity index (χ4n) is 3.80. The number of hydrogen-bond acceptors (Lipinski definition) is 2. The summed E-state index contributed by atoms with van der Waals surface area (Å²) >= 11 is 0. The molecule has 0 bridgehead atoms. The molecule has 2 atom stereocenters. The summed E-state index contributed by atoms with van der Waals surface area (Å²) in [6.07, 6.45) is 2.99. The van der Waals surface area contributed by atoms with E-state index in [9.17, 15) is 10.2 Å². The predicted molar refractivity (Wildman–Crippen MR) is 130 cm³/mol. The molecule has 0 aliphatic heterocycles. The van der Waals surface area contributed by atoms with Crippen molar-refractivity contribution in [1.29, 1.82) is 0 Å². The molecule has 0 radical (unpaired) electrons. The molecule has 2 heteroatoms. The van der Waals surface area contributed by atoms with E-state index in [0.29, 0.717) is 0 Å². The standard InChI is InChI=1S/C28H44O2/c1-24(2,3)19-13-18(14-20(15-19)25(4,5)6)22-16-21(26(7,8)9)17-28(30,23(22)29)27(10,11)12/h13-17,23,29-30H,1-12H3. The third-order valence-corrected chi connectivity index (χ3v) is 6.46. The highest BCUT2D eigenvalue weighted by atomic mass is 16.3. The van der Waals surface area contributed by atoms with Gasteiger partial charge in [0.2, 0.25) is 0 Å². The van der Waals surface area contributed by atoms with Gasteiger partial charge in [0.15, 0.2) is 0 Å². The van der Waals surface area contributed by atoms with Crippen LogP contribution in [0.25, 0.3) is 5.57 Å². The van der Waals surface area contributed by atoms with Gasteiger partial charge < -0.3 is 10.2 Å². The van der Waals surface area contributed by atoms with Crippen LogP contribution < -0.4 is 0 Å². The van der Waals surface area contributed by atoms with Crippen LogP contribution in [0, 0.1) is 10.8 Å². The summed E-state index contributed by atoms with van der Waals surface area (Å²) in [5.41, 5.74) is 3.30. The van der Waals surface area contributed by atoms with Crippen molar-refractivity contribution in [2.45, 2.75) is 106 Å². The van der Waals surface area contributed by atoms with Crippen molar-refractivity contribution in [3.05, 3.63) is 52.6 Å². The Labute approximate surface area is 185 Å². The van der Waals surface area contributed by atoms with Gasteiger partial charge in [0.05, 0.1) is 0 Å². The highest BCUT2D eigenvalue weighted by molar-refractivity contribution is 5.76. The SMILES string of the molecule is CC(C)(C)C1=CC(O)(C(C)(C)C)C(O)C(c2cc(C(C)(C)C)cc(C(C)(C)C)c2)=C1. The first-order chi connectivity index (χ1) is 13.2. The summed E-state index contributed by atoms with van der Waals surface area (Å²) in [7, 11) is 0. The monoisotopic (exact) mass is 412 g/mol. The molecule has 1 aromatic rings. The summed E-state index contributed by atoms with van der Waals surface area (Å²) in [4.78, 5) is 0. The zero-order valence-corrected chi connectivity index (χ0v) is 21.4. The Bertz CT molecular complexity index is 826. The van der Waals surface area contributed by atoms with E-state index in [1.807, 2.05) is 26.8 Å². The summed E-state index contributed by atoms with van der Waals surface area (Å²) < 4.78 is 0. The Morgan fingerprint density at radius 2 is 1.13 bits per heavy atom. The zero-order valence-electron chi connectivity index (χ0n) is 21.4. The van der Waals surface area contributed by atoms with Crippen LogP contribution in [0.1, 0.15) is 99.8 Å². The molecule has 2 rings (SSSR count). The third-order valence-electron chi connectivity index (χ3n) is 6.46. The Hall–Kier alpha value is -1.38. The highest BCUT2D eigenvalue weighted by Gasteiger charge is 2.49. The van der Waals surface area contributed by atoms with Gasteiger partial charge in [0.1, 0.15) is 11.7 Å². The van der Waals surface area contributed by atoms with Gasteiger partial charge in [-0.05, 0) is 55.6 Å². The van der Waals surface area contributed by atoms with Crippen molar-refractivity contribution >= 4 is 5.57 Å². The van der Waals surface area contributed by atoms with E-state index in [4.69, 9.17) is 0 Å². The molecule has 0 spiro atoms. The van der Waals surface area contributed by atoms with Gasteiger partial charge in [-0.15, -0.1) is 0 Å². The van der Waals surface area contributed by atoms with E-state index < -0.39 is 17.1 Å². The van der Waals surface area contributed by atoms with Crippen molar-refractivity contribution in [2.24, 2.45) is 10.8 Å². The number of hydrogen-bond donors (Lipinski definition) is 2. The molecule has 0 amide bonds. The van der Waals surface area contributed by atoms with Crippen LogP contribution in [0.5, 0.6) is 0 Å². The molecular weight excluding hydrogens is 368 g/mol. The highest BCUT2D eigenvalue weighted by Crippen LogP contribution is 2.47. The van der Waals surface area contributed by atoms with Gasteiger partial charge in [-0.2, -0.15) is 0 Å². The van der Waals surface area contributed by atoms with Gasteiger partial charge in [-0.3, -0.25) is 0 Å². The normalized spacial score (nSPS) is 23.9. The fraction of sp³-hybridized carbons (Fsp3) is 0.643. The molecule has 0 heterocycles. The predicted octanol–water partition coefficient (Wildman–Crippen LogP) is 6.79. The lowest BCUT2D eigenvalue weighted by Crippen LogP contribution is -2.53. The molecule has 168 valence electrons. The smallest absolute Gasteiger partial charge is 0.118 e. The van der Waals surface area contributed by atoms with Gasteiger partial charge in [-0.1, -0.05) is 107 Å². The lowest BCUT2D eigenvalue weighted by molar-refractivity contribution is -0.0850. The summed E-state index contributed by atoms with van der Waals surface area (Å²) in [5.74, 6) is 0. The number of benzene rings is 1. The van der Waals surface area contributed by atoms with Crippen molar-refractivity contribution in [1.82, 2.24) is 0 Å². The van der Waals surface area contributed by atoms with Gasteiger partial charge >= 0.3 is 0 Å². The van der Waals surface area contributed by atoms with Crippen molar-refractivity contribution < 1.29 is 10.2 Å². The summed E-state index contributed by atoms with van der Waals surface area (Å²) in [5, 5.41) is 23.2. The molecule has 2 N–H and O–H groups in total. The molecule has 0 saturated heterocycles. The van der Waals surface area contributed by atoms with Gasteiger partial charge in [0.25, 0.3) is 0 Å². The van der Waals surface area contributed by atoms with Gasteiger partial charge in [0, 0.05) is 0 Å². The second-order valence-corrected chi connectivity index (χ2v) is 13.2. The van der Waals surface area contributed by atoms with E-state index in [0.717, 1.165) is 16.7 Å². The van der Waals surface area contributed by atoms with Crippen LogP contribution in [-0.4, -0.2) is 21.9 Å². The van der Waals surface area contributed by atoms with E-state index in [1.165, 1.54) is 11.1 Å². The lowest BCUT2D eigenvalue weighted by Gasteiger charge is -2.46. The van der Waals surface area contributed by atoms with Crippen LogP contribution in [0.2, 0.25) is 0 Å². The van der Waals surface area contributed by atoms with E-state index >= 15 is 0 Å². The molecule has 0 fully saturated rings. The van der Waals surface area contributed by atoms with Crippen LogP contribution in [0.15, 0.2) is 35.9 Å². The molecule has 0 saturated carbocycles. The van der Waals surface area contributed by atoms with Crippen LogP contribution in [0.4, 0.5) is 0 Å². The molecule has 30 heavy (non-hydrogen) atoms. The maximum Gasteiger partial charge on any atom is 0.118 e. The van der Waals surface area contributed by atoms with E-state index in [1.54, 1.807) is 0 Å². The largest absolute Gasteiger partial charge is 0.385 e. The first-order valence-electron chi connectivity index (χ1n) is 11.2. The van der Waals surface area contributed by atoms with Crippen LogP contribution in [-0.2, 0) is 10.8 Å². The maximum atomic E-state index is 11.7. The zero-order chi connectivity index (χ0) is 23.5. The molecule has 1 aliphatic rings. The summed E-state index contributed by atoms with van der Waals surface area (Å²) in [6.45, 7) is 25.7. The second kappa shape index (κ2) is 7.35. The topological polar surface area (TPSA) is 40.5 Å². The van der Waals surface area contributed by atoms with Crippen molar-refractivity contribution in [3.63, 3.8) is 0 Å². The lowest BCUT2D eigenvalue weighted by atomic mass is 9.64. The molecule has 0 aromatic heterocycles. The van der Waals surface area contributed by atoms with Crippen molar-refractivity contribution in [2.75, 3.05) is 0 Å². The molecule has 1 aliphatic carbocycles. The molecular formula is C28H44O2. The average molecular weight is 413 g/mol. The van der Waals surface area contributed by atoms with Crippen molar-refractivity contribution in [3.8, 4) is 0 Å². The number of aliphatic hydroxyl groups is 2. The first-order valence-corrected chi connectivity index (χ1v) is 11.2. The summed E-state index contributed by atoms with van der Waals surface area (Å²) in [6, 6.07) is 6.67. The van der Waals surface area contributed by atoms with Crippen LogP contribution >= 0.6 is 0 Å². The third kappa shape index (κ3) is 4.75. The molecule has 2 unspecified atom stereocenters. The number of rotatable bonds is 1. The van der Waals surface area contributed by atoms with E-state index in [-0.39, 0.29) is 16.2 Å². The second-order valence-electron chi connectivity index (χ2n) is 13.2. The minimum absolute atomic E-state index is 0.0147. The van der Waals surface area contributed by atoms with Crippen LogP contribution in [0.3, 0.4) is 0 Å².